The lowest BCUT2D eigenvalue weighted by Crippen LogP contribution is -2.46. The molecule has 15 heavy (non-hydrogen) atoms. The maximum Gasteiger partial charge on any atom is 0.227 e. The highest BCUT2D eigenvalue weighted by molar-refractivity contribution is 5.82. The lowest BCUT2D eigenvalue weighted by atomic mass is 9.92. The lowest BCUT2D eigenvalue weighted by molar-refractivity contribution is -0.129. The first-order chi connectivity index (χ1) is 6.95. The largest absolute Gasteiger partial charge is 0.354 e. The zero-order valence-corrected chi connectivity index (χ0v) is 9.30. The summed E-state index contributed by atoms with van der Waals surface area (Å²) in [5, 5.41) is 5.60. The molecule has 5 nitrogen and oxygen atoms in total. The fraction of sp³-hybridized carbons (Fsp3) is 0.800. The van der Waals surface area contributed by atoms with Crippen molar-refractivity contribution in [2.75, 3.05) is 13.1 Å². The van der Waals surface area contributed by atoms with Gasteiger partial charge in [0.25, 0.3) is 0 Å². The predicted molar refractivity (Wildman–Crippen MR) is 57.0 cm³/mol. The Kier molecular flexibility index (Phi) is 3.68. The van der Waals surface area contributed by atoms with Gasteiger partial charge in [-0.2, -0.15) is 0 Å². The van der Waals surface area contributed by atoms with Crippen molar-refractivity contribution in [3.63, 3.8) is 0 Å². The SMILES string of the molecule is CC(C)(CN)C(=O)NCC1CCC(=O)N1. The van der Waals surface area contributed by atoms with Gasteiger partial charge in [0, 0.05) is 25.6 Å². The van der Waals surface area contributed by atoms with Gasteiger partial charge in [0.15, 0.2) is 0 Å². The number of amides is 2. The molecule has 0 aromatic carbocycles. The van der Waals surface area contributed by atoms with E-state index in [1.807, 2.05) is 0 Å². The van der Waals surface area contributed by atoms with E-state index in [-0.39, 0.29) is 17.9 Å². The van der Waals surface area contributed by atoms with E-state index >= 15 is 0 Å². The Morgan fingerprint density at radius 1 is 1.67 bits per heavy atom. The molecule has 0 aliphatic carbocycles. The molecule has 4 N–H and O–H groups in total. The van der Waals surface area contributed by atoms with E-state index in [1.54, 1.807) is 13.8 Å². The van der Waals surface area contributed by atoms with Crippen LogP contribution in [0.1, 0.15) is 26.7 Å². The minimum atomic E-state index is -0.539. The molecule has 0 aromatic heterocycles. The van der Waals surface area contributed by atoms with E-state index in [1.165, 1.54) is 0 Å². The highest BCUT2D eigenvalue weighted by Gasteiger charge is 2.27. The molecular weight excluding hydrogens is 194 g/mol. The van der Waals surface area contributed by atoms with Crippen LogP contribution in [0.4, 0.5) is 0 Å². The molecule has 1 saturated heterocycles. The normalized spacial score (nSPS) is 21.3. The highest BCUT2D eigenvalue weighted by Crippen LogP contribution is 2.12. The molecule has 0 spiro atoms. The third-order valence-electron chi connectivity index (χ3n) is 2.72. The van der Waals surface area contributed by atoms with E-state index < -0.39 is 5.41 Å². The first-order valence-electron chi connectivity index (χ1n) is 5.23. The van der Waals surface area contributed by atoms with Crippen molar-refractivity contribution in [3.8, 4) is 0 Å². The van der Waals surface area contributed by atoms with Crippen LogP contribution >= 0.6 is 0 Å². The first-order valence-corrected chi connectivity index (χ1v) is 5.23. The molecule has 1 atom stereocenters. The number of nitrogens with one attached hydrogen (secondary N) is 2. The zero-order chi connectivity index (χ0) is 11.5. The van der Waals surface area contributed by atoms with E-state index in [0.717, 1.165) is 6.42 Å². The van der Waals surface area contributed by atoms with Gasteiger partial charge in [-0.15, -0.1) is 0 Å². The summed E-state index contributed by atoms with van der Waals surface area (Å²) in [6, 6.07) is 0.0787. The Morgan fingerprint density at radius 3 is 2.80 bits per heavy atom. The number of hydrogen-bond acceptors (Lipinski definition) is 3. The van der Waals surface area contributed by atoms with Gasteiger partial charge >= 0.3 is 0 Å². The number of hydrogen-bond donors (Lipinski definition) is 3. The van der Waals surface area contributed by atoms with Crippen LogP contribution in [0, 0.1) is 5.41 Å². The summed E-state index contributed by atoms with van der Waals surface area (Å²) in [5.74, 6) is -0.00140. The molecule has 86 valence electrons. The smallest absolute Gasteiger partial charge is 0.227 e. The quantitative estimate of drug-likeness (QED) is 0.581. The summed E-state index contributed by atoms with van der Waals surface area (Å²) in [5.41, 5.74) is 4.94. The number of carbonyl (C=O) groups excluding carboxylic acids is 2. The molecule has 1 heterocycles. The van der Waals surface area contributed by atoms with E-state index in [2.05, 4.69) is 10.6 Å². The molecule has 0 bridgehead atoms. The topological polar surface area (TPSA) is 84.2 Å². The molecule has 1 unspecified atom stereocenters. The summed E-state index contributed by atoms with van der Waals surface area (Å²) >= 11 is 0. The molecule has 0 aromatic rings. The molecular formula is C10H19N3O2. The van der Waals surface area contributed by atoms with Crippen LogP contribution in [0.15, 0.2) is 0 Å². The molecule has 0 radical (unpaired) electrons. The zero-order valence-electron chi connectivity index (χ0n) is 9.30. The Balaban J connectivity index is 2.31. The van der Waals surface area contributed by atoms with Crippen molar-refractivity contribution in [1.29, 1.82) is 0 Å². The minimum absolute atomic E-state index is 0.0623. The lowest BCUT2D eigenvalue weighted by Gasteiger charge is -2.22. The maximum atomic E-state index is 11.6. The van der Waals surface area contributed by atoms with Gasteiger partial charge in [-0.1, -0.05) is 0 Å². The molecule has 2 amide bonds. The van der Waals surface area contributed by atoms with Gasteiger partial charge in [0.1, 0.15) is 0 Å². The van der Waals surface area contributed by atoms with Gasteiger partial charge < -0.3 is 16.4 Å². The Bertz CT molecular complexity index is 263. The van der Waals surface area contributed by atoms with E-state index in [9.17, 15) is 9.59 Å². The Morgan fingerprint density at radius 2 is 2.33 bits per heavy atom. The second-order valence-electron chi connectivity index (χ2n) is 4.60. The number of carbonyl (C=O) groups is 2. The Hall–Kier alpha value is -1.10. The van der Waals surface area contributed by atoms with Crippen LogP contribution in [0.25, 0.3) is 0 Å². The molecule has 5 heteroatoms. The van der Waals surface area contributed by atoms with E-state index in [4.69, 9.17) is 5.73 Å². The molecule has 1 aliphatic heterocycles. The van der Waals surface area contributed by atoms with Gasteiger partial charge in [-0.25, -0.2) is 0 Å². The van der Waals surface area contributed by atoms with Crippen molar-refractivity contribution in [3.05, 3.63) is 0 Å². The second-order valence-corrected chi connectivity index (χ2v) is 4.60. The summed E-state index contributed by atoms with van der Waals surface area (Å²) in [6.07, 6.45) is 1.35. The van der Waals surface area contributed by atoms with Crippen LogP contribution in [-0.4, -0.2) is 30.9 Å². The monoisotopic (exact) mass is 213 g/mol. The summed E-state index contributed by atoms with van der Waals surface area (Å²) in [7, 11) is 0. The van der Waals surface area contributed by atoms with Crippen molar-refractivity contribution < 1.29 is 9.59 Å². The van der Waals surface area contributed by atoms with Crippen molar-refractivity contribution in [2.24, 2.45) is 11.1 Å². The van der Waals surface area contributed by atoms with E-state index in [0.29, 0.717) is 19.5 Å². The van der Waals surface area contributed by atoms with Gasteiger partial charge in [-0.3, -0.25) is 9.59 Å². The summed E-state index contributed by atoms with van der Waals surface area (Å²) in [6.45, 7) is 4.41. The standard InChI is InChI=1S/C10H19N3O2/c1-10(2,6-11)9(15)12-5-7-3-4-8(14)13-7/h7H,3-6,11H2,1-2H3,(H,12,15)(H,13,14). The Labute approximate surface area is 89.8 Å². The first kappa shape index (κ1) is 12.0. The average Bonchev–Trinajstić information content (AvgIpc) is 2.60. The molecule has 0 saturated carbocycles. The summed E-state index contributed by atoms with van der Waals surface area (Å²) in [4.78, 5) is 22.5. The van der Waals surface area contributed by atoms with Crippen LogP contribution in [-0.2, 0) is 9.59 Å². The van der Waals surface area contributed by atoms with Crippen LogP contribution in [0.2, 0.25) is 0 Å². The third-order valence-corrected chi connectivity index (χ3v) is 2.72. The van der Waals surface area contributed by atoms with Gasteiger partial charge in [-0.05, 0) is 20.3 Å². The summed E-state index contributed by atoms with van der Waals surface area (Å²) < 4.78 is 0. The number of nitrogens with two attached hydrogens (primary N) is 1. The minimum Gasteiger partial charge on any atom is -0.354 e. The third kappa shape index (κ3) is 3.20. The fourth-order valence-corrected chi connectivity index (χ4v) is 1.38. The molecule has 1 rings (SSSR count). The van der Waals surface area contributed by atoms with Crippen LogP contribution < -0.4 is 16.4 Å². The molecule has 1 aliphatic rings. The second kappa shape index (κ2) is 4.61. The van der Waals surface area contributed by atoms with Gasteiger partial charge in [0.2, 0.25) is 11.8 Å². The van der Waals surface area contributed by atoms with Gasteiger partial charge in [0.05, 0.1) is 5.41 Å². The average molecular weight is 213 g/mol. The van der Waals surface area contributed by atoms with Crippen LogP contribution in [0.5, 0.6) is 0 Å². The van der Waals surface area contributed by atoms with Crippen molar-refractivity contribution in [2.45, 2.75) is 32.7 Å². The highest BCUT2D eigenvalue weighted by atomic mass is 16.2. The predicted octanol–water partition coefficient (Wildman–Crippen LogP) is -0.634. The molecule has 1 fully saturated rings. The van der Waals surface area contributed by atoms with Crippen molar-refractivity contribution in [1.82, 2.24) is 10.6 Å². The number of rotatable bonds is 4. The van der Waals surface area contributed by atoms with Crippen molar-refractivity contribution >= 4 is 11.8 Å². The van der Waals surface area contributed by atoms with Crippen LogP contribution in [0.3, 0.4) is 0 Å². The fourth-order valence-electron chi connectivity index (χ4n) is 1.38. The maximum absolute atomic E-state index is 11.6.